The summed E-state index contributed by atoms with van der Waals surface area (Å²) in [5.41, 5.74) is 3.16. The number of isocyanates is 1. The molecular formula is C13H17NO. The first kappa shape index (κ1) is 11.7. The smallest absolute Gasteiger partial charge is 0.211 e. The van der Waals surface area contributed by atoms with E-state index in [0.29, 0.717) is 0 Å². The summed E-state index contributed by atoms with van der Waals surface area (Å²) in [5, 5.41) is 0. The molecule has 0 unspecified atom stereocenters. The molecule has 15 heavy (non-hydrogen) atoms. The molecule has 0 bridgehead atoms. The fourth-order valence-corrected chi connectivity index (χ4v) is 1.78. The van der Waals surface area contributed by atoms with Gasteiger partial charge in [0.15, 0.2) is 0 Å². The van der Waals surface area contributed by atoms with Crippen LogP contribution in [-0.2, 0) is 17.6 Å². The number of benzene rings is 1. The Kier molecular flexibility index (Phi) is 4.79. The number of para-hydroxylation sites is 1. The van der Waals surface area contributed by atoms with E-state index >= 15 is 0 Å². The molecule has 0 amide bonds. The average Bonchev–Trinajstić information content (AvgIpc) is 2.23. The Hall–Kier alpha value is -1.40. The number of hydrogen-bond acceptors (Lipinski definition) is 2. The Balaban J connectivity index is 3.14. The van der Waals surface area contributed by atoms with Gasteiger partial charge in [-0.2, -0.15) is 4.99 Å². The van der Waals surface area contributed by atoms with Crippen molar-refractivity contribution in [3.05, 3.63) is 29.3 Å². The fourth-order valence-electron chi connectivity index (χ4n) is 1.78. The highest BCUT2D eigenvalue weighted by atomic mass is 16.1. The highest BCUT2D eigenvalue weighted by Crippen LogP contribution is 2.26. The Morgan fingerprint density at radius 3 is 2.07 bits per heavy atom. The summed E-state index contributed by atoms with van der Waals surface area (Å²) in [4.78, 5) is 14.2. The topological polar surface area (TPSA) is 29.4 Å². The Bertz CT molecular complexity index is 341. The normalized spacial score (nSPS) is 9.73. The molecule has 0 saturated carbocycles. The molecule has 0 heterocycles. The second kappa shape index (κ2) is 6.15. The highest BCUT2D eigenvalue weighted by Gasteiger charge is 2.05. The summed E-state index contributed by atoms with van der Waals surface area (Å²) in [6.07, 6.45) is 5.73. The minimum Gasteiger partial charge on any atom is -0.211 e. The molecule has 1 aromatic rings. The van der Waals surface area contributed by atoms with Crippen LogP contribution in [0, 0.1) is 0 Å². The maximum Gasteiger partial charge on any atom is 0.240 e. The first-order valence-electron chi connectivity index (χ1n) is 5.52. The first-order chi connectivity index (χ1) is 7.33. The van der Waals surface area contributed by atoms with Crippen LogP contribution < -0.4 is 0 Å². The van der Waals surface area contributed by atoms with Crippen LogP contribution in [0.1, 0.15) is 37.8 Å². The third-order valence-corrected chi connectivity index (χ3v) is 2.40. The molecule has 0 radical (unpaired) electrons. The van der Waals surface area contributed by atoms with E-state index in [1.165, 1.54) is 0 Å². The largest absolute Gasteiger partial charge is 0.240 e. The van der Waals surface area contributed by atoms with Gasteiger partial charge in [0.2, 0.25) is 6.08 Å². The molecule has 0 spiro atoms. The predicted molar refractivity (Wildman–Crippen MR) is 62.2 cm³/mol. The molecule has 0 saturated heterocycles. The van der Waals surface area contributed by atoms with Crippen molar-refractivity contribution in [2.45, 2.75) is 39.5 Å². The lowest BCUT2D eigenvalue weighted by atomic mass is 10.0. The van der Waals surface area contributed by atoms with E-state index in [9.17, 15) is 4.79 Å². The van der Waals surface area contributed by atoms with Crippen molar-refractivity contribution in [1.29, 1.82) is 0 Å². The van der Waals surface area contributed by atoms with Gasteiger partial charge in [-0.15, -0.1) is 0 Å². The van der Waals surface area contributed by atoms with Gasteiger partial charge < -0.3 is 0 Å². The molecule has 0 aliphatic rings. The zero-order valence-electron chi connectivity index (χ0n) is 9.42. The van der Waals surface area contributed by atoms with Crippen molar-refractivity contribution in [2.75, 3.05) is 0 Å². The van der Waals surface area contributed by atoms with Gasteiger partial charge in [0.1, 0.15) is 0 Å². The van der Waals surface area contributed by atoms with E-state index in [2.05, 4.69) is 18.8 Å². The molecular weight excluding hydrogens is 186 g/mol. The van der Waals surface area contributed by atoms with Gasteiger partial charge >= 0.3 is 0 Å². The van der Waals surface area contributed by atoms with Crippen LogP contribution in [-0.4, -0.2) is 6.08 Å². The molecule has 1 rings (SSSR count). The SMILES string of the molecule is CCCc1cccc(CCC)c1N=C=O. The number of aliphatic imine (C=N–C) groups is 1. The summed E-state index contributed by atoms with van der Waals surface area (Å²) in [6, 6.07) is 6.12. The third-order valence-electron chi connectivity index (χ3n) is 2.40. The summed E-state index contributed by atoms with van der Waals surface area (Å²) in [5.74, 6) is 0. The summed E-state index contributed by atoms with van der Waals surface area (Å²) >= 11 is 0. The van der Waals surface area contributed by atoms with Crippen molar-refractivity contribution in [2.24, 2.45) is 4.99 Å². The van der Waals surface area contributed by atoms with Crippen LogP contribution in [0.4, 0.5) is 5.69 Å². The van der Waals surface area contributed by atoms with Crippen molar-refractivity contribution in [1.82, 2.24) is 0 Å². The van der Waals surface area contributed by atoms with Crippen LogP contribution in [0.2, 0.25) is 0 Å². The van der Waals surface area contributed by atoms with E-state index in [1.807, 2.05) is 18.2 Å². The van der Waals surface area contributed by atoms with Gasteiger partial charge in [-0.3, -0.25) is 0 Å². The van der Waals surface area contributed by atoms with Gasteiger partial charge in [0.05, 0.1) is 5.69 Å². The highest BCUT2D eigenvalue weighted by molar-refractivity contribution is 5.58. The minimum atomic E-state index is 0.844. The van der Waals surface area contributed by atoms with Crippen LogP contribution in [0.5, 0.6) is 0 Å². The lowest BCUT2D eigenvalue weighted by Crippen LogP contribution is -1.90. The Morgan fingerprint density at radius 1 is 1.13 bits per heavy atom. The molecule has 1 aromatic carbocycles. The van der Waals surface area contributed by atoms with Gasteiger partial charge in [-0.25, -0.2) is 4.79 Å². The van der Waals surface area contributed by atoms with Crippen LogP contribution in [0.3, 0.4) is 0 Å². The molecule has 0 aliphatic heterocycles. The zero-order chi connectivity index (χ0) is 11.1. The van der Waals surface area contributed by atoms with E-state index in [4.69, 9.17) is 0 Å². The number of nitrogens with zero attached hydrogens (tertiary/aromatic N) is 1. The fraction of sp³-hybridized carbons (Fsp3) is 0.462. The van der Waals surface area contributed by atoms with Crippen molar-refractivity contribution >= 4 is 11.8 Å². The molecule has 0 aliphatic carbocycles. The minimum absolute atomic E-state index is 0.844. The number of aryl methyl sites for hydroxylation is 2. The van der Waals surface area contributed by atoms with Crippen LogP contribution in [0.25, 0.3) is 0 Å². The Labute approximate surface area is 91.0 Å². The van der Waals surface area contributed by atoms with E-state index < -0.39 is 0 Å². The number of hydrogen-bond donors (Lipinski definition) is 0. The maximum atomic E-state index is 10.4. The lowest BCUT2D eigenvalue weighted by Gasteiger charge is -2.08. The maximum absolute atomic E-state index is 10.4. The van der Waals surface area contributed by atoms with Gasteiger partial charge in [-0.05, 0) is 24.0 Å². The average molecular weight is 203 g/mol. The summed E-state index contributed by atoms with van der Waals surface area (Å²) in [6.45, 7) is 4.25. The first-order valence-corrected chi connectivity index (χ1v) is 5.52. The van der Waals surface area contributed by atoms with E-state index in [1.54, 1.807) is 6.08 Å². The molecule has 0 aromatic heterocycles. The second-order valence-corrected chi connectivity index (χ2v) is 3.63. The summed E-state index contributed by atoms with van der Waals surface area (Å²) in [7, 11) is 0. The molecule has 0 atom stereocenters. The third kappa shape index (κ3) is 3.03. The second-order valence-electron chi connectivity index (χ2n) is 3.63. The molecule has 80 valence electrons. The van der Waals surface area contributed by atoms with Crippen LogP contribution >= 0.6 is 0 Å². The van der Waals surface area contributed by atoms with Gasteiger partial charge in [-0.1, -0.05) is 44.9 Å². The molecule has 2 heteroatoms. The number of rotatable bonds is 5. The molecule has 0 fully saturated rings. The quantitative estimate of drug-likeness (QED) is 0.531. The van der Waals surface area contributed by atoms with Crippen molar-refractivity contribution in [3.63, 3.8) is 0 Å². The molecule has 0 N–H and O–H groups in total. The zero-order valence-corrected chi connectivity index (χ0v) is 9.42. The molecule has 2 nitrogen and oxygen atoms in total. The monoisotopic (exact) mass is 203 g/mol. The standard InChI is InChI=1S/C13H17NO/c1-3-6-11-8-5-9-12(7-4-2)13(11)14-10-15/h5,8-9H,3-4,6-7H2,1-2H3. The van der Waals surface area contributed by atoms with Gasteiger partial charge in [0.25, 0.3) is 0 Å². The number of carbonyl (C=O) groups excluding carboxylic acids is 1. The van der Waals surface area contributed by atoms with Crippen molar-refractivity contribution in [3.8, 4) is 0 Å². The summed E-state index contributed by atoms with van der Waals surface area (Å²) < 4.78 is 0. The van der Waals surface area contributed by atoms with Gasteiger partial charge in [0, 0.05) is 0 Å². The van der Waals surface area contributed by atoms with E-state index in [0.717, 1.165) is 42.5 Å². The predicted octanol–water partition coefficient (Wildman–Crippen LogP) is 3.56. The van der Waals surface area contributed by atoms with Crippen molar-refractivity contribution < 1.29 is 4.79 Å². The van der Waals surface area contributed by atoms with E-state index in [-0.39, 0.29) is 0 Å². The lowest BCUT2D eigenvalue weighted by molar-refractivity contribution is 0.565. The Morgan fingerprint density at radius 2 is 1.67 bits per heavy atom. The van der Waals surface area contributed by atoms with Crippen LogP contribution in [0.15, 0.2) is 23.2 Å².